The van der Waals surface area contributed by atoms with Crippen LogP contribution in [-0.2, 0) is 4.74 Å². The van der Waals surface area contributed by atoms with Crippen LogP contribution in [0.1, 0.15) is 6.23 Å². The summed E-state index contributed by atoms with van der Waals surface area (Å²) in [5.74, 6) is -1.08. The molecule has 0 unspecified atom stereocenters. The number of hydrogen-bond donors (Lipinski definition) is 2. The maximum Gasteiger partial charge on any atom is 0.330 e. The summed E-state index contributed by atoms with van der Waals surface area (Å²) in [7, 11) is 0. The maximum atomic E-state index is 13.1. The van der Waals surface area contributed by atoms with E-state index in [1.165, 1.54) is 0 Å². The quantitative estimate of drug-likeness (QED) is 0.726. The van der Waals surface area contributed by atoms with Gasteiger partial charge in [-0.05, 0) is 0 Å². The Hall–Kier alpha value is -0.890. The van der Waals surface area contributed by atoms with Gasteiger partial charge in [0.1, 0.15) is 0 Å². The predicted molar refractivity (Wildman–Crippen MR) is 63.7 cm³/mol. The van der Waals surface area contributed by atoms with E-state index in [9.17, 15) is 14.0 Å². The molecule has 1 atom stereocenters. The van der Waals surface area contributed by atoms with Crippen molar-refractivity contribution in [1.29, 1.82) is 0 Å². The standard InChI is InChI=1S/C9H11Cl2FN2O4/c10-1-5(2-11)18-7(4-15)14-3-6(12)8(16)13-9(14)17/h3,5,7,15H,1-2,4H2,(H,13,16,17)/t7-/m1/s1. The Bertz CT molecular complexity index is 500. The molecule has 6 nitrogen and oxygen atoms in total. The van der Waals surface area contributed by atoms with E-state index < -0.39 is 36.0 Å². The van der Waals surface area contributed by atoms with Gasteiger partial charge in [0, 0.05) is 11.8 Å². The minimum atomic E-state index is -1.17. The van der Waals surface area contributed by atoms with Crippen molar-refractivity contribution in [2.24, 2.45) is 0 Å². The Morgan fingerprint density at radius 2 is 2.06 bits per heavy atom. The fourth-order valence-electron chi connectivity index (χ4n) is 1.21. The lowest BCUT2D eigenvalue weighted by Gasteiger charge is -2.22. The van der Waals surface area contributed by atoms with Crippen LogP contribution in [0.25, 0.3) is 0 Å². The fraction of sp³-hybridized carbons (Fsp3) is 0.556. The number of alkyl halides is 2. The van der Waals surface area contributed by atoms with Gasteiger partial charge in [0.05, 0.1) is 18.9 Å². The Morgan fingerprint density at radius 1 is 1.44 bits per heavy atom. The predicted octanol–water partition coefficient (Wildman–Crippen LogP) is 0.0294. The zero-order valence-electron chi connectivity index (χ0n) is 9.11. The number of nitrogens with one attached hydrogen (secondary N) is 1. The number of aromatic amines is 1. The van der Waals surface area contributed by atoms with Crippen LogP contribution >= 0.6 is 23.2 Å². The first-order valence-electron chi connectivity index (χ1n) is 4.92. The van der Waals surface area contributed by atoms with Gasteiger partial charge >= 0.3 is 5.69 Å². The van der Waals surface area contributed by atoms with Gasteiger partial charge in [0.15, 0.2) is 6.23 Å². The van der Waals surface area contributed by atoms with Crippen LogP contribution < -0.4 is 11.2 Å². The van der Waals surface area contributed by atoms with E-state index >= 15 is 0 Å². The lowest BCUT2D eigenvalue weighted by Crippen LogP contribution is -2.37. The first-order valence-corrected chi connectivity index (χ1v) is 5.99. The summed E-state index contributed by atoms with van der Waals surface area (Å²) in [5, 5.41) is 9.12. The van der Waals surface area contributed by atoms with Crippen molar-refractivity contribution in [3.63, 3.8) is 0 Å². The molecule has 0 aliphatic rings. The summed E-state index contributed by atoms with van der Waals surface area (Å²) < 4.78 is 19.0. The maximum absolute atomic E-state index is 13.1. The third-order valence-corrected chi connectivity index (χ3v) is 2.77. The Kier molecular flexibility index (Phi) is 5.80. The zero-order chi connectivity index (χ0) is 13.7. The van der Waals surface area contributed by atoms with Crippen molar-refractivity contribution in [2.45, 2.75) is 12.3 Å². The van der Waals surface area contributed by atoms with Crippen molar-refractivity contribution in [3.8, 4) is 0 Å². The smallest absolute Gasteiger partial charge is 0.330 e. The molecular weight excluding hydrogens is 290 g/mol. The highest BCUT2D eigenvalue weighted by Crippen LogP contribution is 2.10. The van der Waals surface area contributed by atoms with Gasteiger partial charge in [-0.15, -0.1) is 23.2 Å². The van der Waals surface area contributed by atoms with Gasteiger partial charge in [-0.3, -0.25) is 14.3 Å². The molecule has 2 N–H and O–H groups in total. The van der Waals surface area contributed by atoms with Crippen molar-refractivity contribution in [1.82, 2.24) is 9.55 Å². The lowest BCUT2D eigenvalue weighted by atomic mass is 10.4. The molecule has 0 fully saturated rings. The minimum Gasteiger partial charge on any atom is -0.392 e. The number of aromatic nitrogens is 2. The molecule has 1 aromatic heterocycles. The van der Waals surface area contributed by atoms with Gasteiger partial charge in [0.25, 0.3) is 5.56 Å². The number of aliphatic hydroxyl groups is 1. The van der Waals surface area contributed by atoms with Gasteiger partial charge < -0.3 is 9.84 Å². The zero-order valence-corrected chi connectivity index (χ0v) is 10.6. The Labute approximate surface area is 111 Å². The second-order valence-corrected chi connectivity index (χ2v) is 3.96. The van der Waals surface area contributed by atoms with E-state index in [4.69, 9.17) is 33.0 Å². The highest BCUT2D eigenvalue weighted by Gasteiger charge is 2.18. The van der Waals surface area contributed by atoms with E-state index in [2.05, 4.69) is 0 Å². The van der Waals surface area contributed by atoms with Crippen molar-refractivity contribution in [3.05, 3.63) is 32.9 Å². The summed E-state index contributed by atoms with van der Waals surface area (Å²) in [6, 6.07) is 0. The highest BCUT2D eigenvalue weighted by atomic mass is 35.5. The number of aliphatic hydroxyl groups excluding tert-OH is 1. The number of halogens is 3. The summed E-state index contributed by atoms with van der Waals surface area (Å²) >= 11 is 11.1. The molecule has 1 rings (SSSR count). The Balaban J connectivity index is 3.05. The molecule has 1 aromatic rings. The number of hydrogen-bond acceptors (Lipinski definition) is 4. The molecule has 0 aromatic carbocycles. The molecule has 0 aliphatic heterocycles. The molecule has 102 valence electrons. The molecule has 0 saturated carbocycles. The van der Waals surface area contributed by atoms with E-state index in [0.29, 0.717) is 6.20 Å². The fourth-order valence-corrected chi connectivity index (χ4v) is 1.68. The van der Waals surface area contributed by atoms with Gasteiger partial charge in [-0.25, -0.2) is 4.79 Å². The molecule has 0 saturated heterocycles. The van der Waals surface area contributed by atoms with Crippen LogP contribution in [0.4, 0.5) is 4.39 Å². The molecule has 0 amide bonds. The van der Waals surface area contributed by atoms with Crippen molar-refractivity contribution >= 4 is 23.2 Å². The summed E-state index contributed by atoms with van der Waals surface area (Å²) in [5.41, 5.74) is -2.04. The van der Waals surface area contributed by atoms with Crippen LogP contribution in [-0.4, -0.2) is 39.1 Å². The molecule has 0 aliphatic carbocycles. The first-order chi connectivity index (χ1) is 8.53. The summed E-state index contributed by atoms with van der Waals surface area (Å²) in [6.07, 6.45) is -1.14. The molecule has 1 heterocycles. The second-order valence-electron chi connectivity index (χ2n) is 3.35. The monoisotopic (exact) mass is 300 g/mol. The third kappa shape index (κ3) is 3.55. The number of ether oxygens (including phenoxy) is 1. The van der Waals surface area contributed by atoms with E-state index in [-0.39, 0.29) is 11.8 Å². The molecule has 0 spiro atoms. The molecule has 0 bridgehead atoms. The van der Waals surface area contributed by atoms with Crippen LogP contribution in [0.5, 0.6) is 0 Å². The topological polar surface area (TPSA) is 84.3 Å². The number of H-pyrrole nitrogens is 1. The van der Waals surface area contributed by atoms with Crippen molar-refractivity contribution in [2.75, 3.05) is 18.4 Å². The second kappa shape index (κ2) is 6.89. The van der Waals surface area contributed by atoms with Crippen molar-refractivity contribution < 1.29 is 14.2 Å². The highest BCUT2D eigenvalue weighted by molar-refractivity contribution is 6.21. The third-order valence-electron chi connectivity index (χ3n) is 2.08. The van der Waals surface area contributed by atoms with Gasteiger partial charge in [-0.1, -0.05) is 0 Å². The molecule has 18 heavy (non-hydrogen) atoms. The SMILES string of the molecule is O=c1[nH]c(=O)n([C@@H](CO)OC(CCl)CCl)cc1F. The average Bonchev–Trinajstić information content (AvgIpc) is 2.36. The van der Waals surface area contributed by atoms with E-state index in [1.807, 2.05) is 0 Å². The largest absolute Gasteiger partial charge is 0.392 e. The van der Waals surface area contributed by atoms with Crippen LogP contribution in [0.15, 0.2) is 15.8 Å². The van der Waals surface area contributed by atoms with Gasteiger partial charge in [0.2, 0.25) is 5.82 Å². The number of rotatable bonds is 6. The molecule has 9 heteroatoms. The van der Waals surface area contributed by atoms with Crippen LogP contribution in [0, 0.1) is 5.82 Å². The summed E-state index contributed by atoms with van der Waals surface area (Å²) in [6.45, 7) is -0.602. The minimum absolute atomic E-state index is 0.0422. The molecule has 0 radical (unpaired) electrons. The first kappa shape index (κ1) is 15.2. The number of nitrogens with zero attached hydrogens (tertiary/aromatic N) is 1. The average molecular weight is 301 g/mol. The van der Waals surface area contributed by atoms with E-state index in [0.717, 1.165) is 4.57 Å². The Morgan fingerprint density at radius 3 is 2.56 bits per heavy atom. The lowest BCUT2D eigenvalue weighted by molar-refractivity contribution is -0.0667. The van der Waals surface area contributed by atoms with Gasteiger partial charge in [-0.2, -0.15) is 4.39 Å². The van der Waals surface area contributed by atoms with E-state index in [1.54, 1.807) is 4.98 Å². The van der Waals surface area contributed by atoms with Crippen LogP contribution in [0.2, 0.25) is 0 Å². The summed E-state index contributed by atoms with van der Waals surface area (Å²) in [4.78, 5) is 24.0. The molecular formula is C9H11Cl2FN2O4. The van der Waals surface area contributed by atoms with Crippen LogP contribution in [0.3, 0.4) is 0 Å². The normalized spacial score (nSPS) is 12.9.